The van der Waals surface area contributed by atoms with E-state index in [-0.39, 0.29) is 12.5 Å². The van der Waals surface area contributed by atoms with E-state index < -0.39 is 0 Å². The zero-order valence-electron chi connectivity index (χ0n) is 11.5. The topological polar surface area (TPSA) is 47.6 Å². The average molecular weight is 295 g/mol. The number of hydrogen-bond acceptors (Lipinski definition) is 4. The van der Waals surface area contributed by atoms with Crippen LogP contribution in [-0.2, 0) is 9.53 Å². The van der Waals surface area contributed by atoms with Crippen molar-refractivity contribution in [3.8, 4) is 5.75 Å². The summed E-state index contributed by atoms with van der Waals surface area (Å²) in [6, 6.07) is 9.37. The van der Waals surface area contributed by atoms with Crippen LogP contribution in [-0.4, -0.2) is 43.3 Å². The average Bonchev–Trinajstić information content (AvgIpc) is 2.52. The monoisotopic (exact) mass is 295 g/mol. The van der Waals surface area contributed by atoms with Gasteiger partial charge in [0.15, 0.2) is 6.61 Å². The normalized spacial score (nSPS) is 15.8. The van der Waals surface area contributed by atoms with Crippen molar-refractivity contribution < 1.29 is 14.3 Å². The van der Waals surface area contributed by atoms with E-state index in [0.717, 1.165) is 37.6 Å². The van der Waals surface area contributed by atoms with Crippen LogP contribution >= 0.6 is 11.8 Å². The number of thioether (sulfide) groups is 1. The number of para-hydroxylation sites is 1. The first-order chi connectivity index (χ1) is 9.84. The number of benzene rings is 1. The molecule has 20 heavy (non-hydrogen) atoms. The highest BCUT2D eigenvalue weighted by atomic mass is 32.2. The second-order valence-corrected chi connectivity index (χ2v) is 6.04. The first kappa shape index (κ1) is 15.2. The van der Waals surface area contributed by atoms with E-state index in [0.29, 0.717) is 11.8 Å². The predicted molar refractivity (Wildman–Crippen MR) is 81.2 cm³/mol. The molecule has 0 aromatic heterocycles. The van der Waals surface area contributed by atoms with Crippen molar-refractivity contribution >= 4 is 17.7 Å². The molecule has 1 fully saturated rings. The molecular weight excluding hydrogens is 274 g/mol. The van der Waals surface area contributed by atoms with Crippen molar-refractivity contribution in [1.82, 2.24) is 5.32 Å². The van der Waals surface area contributed by atoms with Crippen molar-refractivity contribution in [2.45, 2.75) is 18.1 Å². The maximum absolute atomic E-state index is 11.6. The molecule has 0 spiro atoms. The van der Waals surface area contributed by atoms with Gasteiger partial charge in [0.2, 0.25) is 0 Å². The van der Waals surface area contributed by atoms with E-state index in [1.54, 1.807) is 0 Å². The van der Waals surface area contributed by atoms with Gasteiger partial charge in [0.1, 0.15) is 5.75 Å². The molecule has 0 saturated carbocycles. The summed E-state index contributed by atoms with van der Waals surface area (Å²) in [6.45, 7) is 2.51. The number of hydrogen-bond donors (Lipinski definition) is 1. The van der Waals surface area contributed by atoms with Gasteiger partial charge in [0.05, 0.1) is 0 Å². The van der Waals surface area contributed by atoms with Crippen molar-refractivity contribution in [2.75, 3.05) is 32.1 Å². The Balaban J connectivity index is 1.51. The molecule has 1 heterocycles. The van der Waals surface area contributed by atoms with E-state index in [1.165, 1.54) is 0 Å². The third-order valence-corrected chi connectivity index (χ3v) is 4.44. The fraction of sp³-hybridized carbons (Fsp3) is 0.533. The first-order valence-electron chi connectivity index (χ1n) is 6.98. The molecule has 1 aliphatic heterocycles. The van der Waals surface area contributed by atoms with E-state index >= 15 is 0 Å². The summed E-state index contributed by atoms with van der Waals surface area (Å²) in [4.78, 5) is 11.6. The lowest BCUT2D eigenvalue weighted by Gasteiger charge is -2.21. The summed E-state index contributed by atoms with van der Waals surface area (Å²) in [5.41, 5.74) is 0. The van der Waals surface area contributed by atoms with E-state index in [9.17, 15) is 4.79 Å². The van der Waals surface area contributed by atoms with Crippen molar-refractivity contribution in [1.29, 1.82) is 0 Å². The lowest BCUT2D eigenvalue weighted by molar-refractivity contribution is -0.122. The zero-order chi connectivity index (χ0) is 14.0. The van der Waals surface area contributed by atoms with Gasteiger partial charge < -0.3 is 14.8 Å². The Hall–Kier alpha value is -1.20. The molecule has 1 aromatic rings. The highest BCUT2D eigenvalue weighted by molar-refractivity contribution is 7.99. The minimum atomic E-state index is -0.0681. The van der Waals surface area contributed by atoms with Crippen LogP contribution in [0.5, 0.6) is 5.75 Å². The molecule has 0 radical (unpaired) electrons. The van der Waals surface area contributed by atoms with Gasteiger partial charge in [0.25, 0.3) is 5.91 Å². The van der Waals surface area contributed by atoms with Gasteiger partial charge in [-0.3, -0.25) is 4.79 Å². The summed E-state index contributed by atoms with van der Waals surface area (Å²) < 4.78 is 10.7. The van der Waals surface area contributed by atoms with Gasteiger partial charge in [-0.1, -0.05) is 18.2 Å². The summed E-state index contributed by atoms with van der Waals surface area (Å²) in [5.74, 6) is 1.60. The van der Waals surface area contributed by atoms with Crippen molar-refractivity contribution in [3.63, 3.8) is 0 Å². The smallest absolute Gasteiger partial charge is 0.257 e. The van der Waals surface area contributed by atoms with Gasteiger partial charge in [-0.05, 0) is 25.0 Å². The second-order valence-electron chi connectivity index (χ2n) is 4.63. The summed E-state index contributed by atoms with van der Waals surface area (Å²) in [7, 11) is 0. The molecule has 1 amide bonds. The molecule has 1 aromatic carbocycles. The third-order valence-electron chi connectivity index (χ3n) is 3.06. The zero-order valence-corrected chi connectivity index (χ0v) is 12.4. The molecule has 1 aliphatic rings. The quantitative estimate of drug-likeness (QED) is 0.783. The SMILES string of the molecule is O=C(COc1ccccc1)NCCSC1CCOCC1. The highest BCUT2D eigenvalue weighted by Crippen LogP contribution is 2.21. The minimum absolute atomic E-state index is 0.0681. The van der Waals surface area contributed by atoms with Crippen LogP contribution in [0.1, 0.15) is 12.8 Å². The van der Waals surface area contributed by atoms with Crippen molar-refractivity contribution in [2.24, 2.45) is 0 Å². The van der Waals surface area contributed by atoms with Crippen LogP contribution in [0.2, 0.25) is 0 Å². The van der Waals surface area contributed by atoms with Gasteiger partial charge in [-0.2, -0.15) is 11.8 Å². The van der Waals surface area contributed by atoms with Crippen LogP contribution in [0.4, 0.5) is 0 Å². The molecule has 2 rings (SSSR count). The number of carbonyl (C=O) groups is 1. The number of carbonyl (C=O) groups excluding carboxylic acids is 1. The standard InChI is InChI=1S/C15H21NO3S/c17-15(12-19-13-4-2-1-3-5-13)16-8-11-20-14-6-9-18-10-7-14/h1-5,14H,6-12H2,(H,16,17). The first-order valence-corrected chi connectivity index (χ1v) is 8.03. The van der Waals surface area contributed by atoms with Crippen LogP contribution in [0.15, 0.2) is 30.3 Å². The highest BCUT2D eigenvalue weighted by Gasteiger charge is 2.13. The Bertz CT molecular complexity index is 393. The number of rotatable bonds is 7. The summed E-state index contributed by atoms with van der Waals surface area (Å²) in [5, 5.41) is 3.56. The number of amides is 1. The van der Waals surface area contributed by atoms with Crippen LogP contribution in [0.3, 0.4) is 0 Å². The van der Waals surface area contributed by atoms with Gasteiger partial charge in [-0.15, -0.1) is 0 Å². The maximum Gasteiger partial charge on any atom is 0.257 e. The van der Waals surface area contributed by atoms with Crippen LogP contribution in [0, 0.1) is 0 Å². The number of ether oxygens (including phenoxy) is 2. The molecule has 5 heteroatoms. The molecule has 0 bridgehead atoms. The maximum atomic E-state index is 11.6. The fourth-order valence-corrected chi connectivity index (χ4v) is 3.05. The molecule has 1 saturated heterocycles. The molecule has 0 atom stereocenters. The lowest BCUT2D eigenvalue weighted by atomic mass is 10.2. The Morgan fingerprint density at radius 2 is 2.05 bits per heavy atom. The van der Waals surface area contributed by atoms with E-state index in [1.807, 2.05) is 42.1 Å². The fourth-order valence-electron chi connectivity index (χ4n) is 1.98. The van der Waals surface area contributed by atoms with Crippen molar-refractivity contribution in [3.05, 3.63) is 30.3 Å². The minimum Gasteiger partial charge on any atom is -0.484 e. The van der Waals surface area contributed by atoms with Crippen LogP contribution in [0.25, 0.3) is 0 Å². The molecule has 0 aliphatic carbocycles. The number of nitrogens with one attached hydrogen (secondary N) is 1. The van der Waals surface area contributed by atoms with Gasteiger partial charge in [0, 0.05) is 30.8 Å². The van der Waals surface area contributed by atoms with Crippen LogP contribution < -0.4 is 10.1 Å². The lowest BCUT2D eigenvalue weighted by Crippen LogP contribution is -2.31. The predicted octanol–water partition coefficient (Wildman–Crippen LogP) is 2.09. The largest absolute Gasteiger partial charge is 0.484 e. The molecular formula is C15H21NO3S. The Morgan fingerprint density at radius 3 is 2.80 bits per heavy atom. The Labute approximate surface area is 124 Å². The summed E-state index contributed by atoms with van der Waals surface area (Å²) in [6.07, 6.45) is 2.24. The molecule has 0 unspecified atom stereocenters. The molecule has 110 valence electrons. The third kappa shape index (κ3) is 5.84. The second kappa shape index (κ2) is 8.87. The summed E-state index contributed by atoms with van der Waals surface area (Å²) >= 11 is 1.92. The van der Waals surface area contributed by atoms with Gasteiger partial charge in [-0.25, -0.2) is 0 Å². The van der Waals surface area contributed by atoms with E-state index in [2.05, 4.69) is 5.32 Å². The van der Waals surface area contributed by atoms with E-state index in [4.69, 9.17) is 9.47 Å². The molecule has 1 N–H and O–H groups in total. The Morgan fingerprint density at radius 1 is 1.30 bits per heavy atom. The molecule has 4 nitrogen and oxygen atoms in total. The Kier molecular flexibility index (Phi) is 6.74. The van der Waals surface area contributed by atoms with Gasteiger partial charge >= 0.3 is 0 Å².